The highest BCUT2D eigenvalue weighted by Gasteiger charge is 2.18. The molecule has 1 fully saturated rings. The Labute approximate surface area is 74.9 Å². The smallest absolute Gasteiger partial charge is 0.222 e. The first-order chi connectivity index (χ1) is 5.74. The molecule has 0 aromatic carbocycles. The predicted molar refractivity (Wildman–Crippen MR) is 49.9 cm³/mol. The van der Waals surface area contributed by atoms with Crippen LogP contribution in [0, 0.1) is 5.92 Å². The van der Waals surface area contributed by atoms with Gasteiger partial charge in [-0.15, -0.1) is 0 Å². The van der Waals surface area contributed by atoms with Gasteiger partial charge in [-0.3, -0.25) is 4.79 Å². The molecular formula is C10H19NO. The SMILES string of the molecule is CCC(C)CC(=O)N1CCCC1. The number of rotatable bonds is 3. The average molecular weight is 169 g/mol. The predicted octanol–water partition coefficient (Wildman–Crippen LogP) is 2.04. The number of carbonyl (C=O) groups is 1. The van der Waals surface area contributed by atoms with Crippen molar-refractivity contribution < 1.29 is 4.79 Å². The van der Waals surface area contributed by atoms with Gasteiger partial charge in [-0.05, 0) is 18.8 Å². The second-order valence-electron chi connectivity index (χ2n) is 3.81. The standard InChI is InChI=1S/C10H19NO/c1-3-9(2)8-10(12)11-6-4-5-7-11/h9H,3-8H2,1-2H3. The van der Waals surface area contributed by atoms with Gasteiger partial charge in [-0.2, -0.15) is 0 Å². The van der Waals surface area contributed by atoms with Crippen molar-refractivity contribution in [3.63, 3.8) is 0 Å². The fourth-order valence-electron chi connectivity index (χ4n) is 1.54. The third-order valence-electron chi connectivity index (χ3n) is 2.68. The van der Waals surface area contributed by atoms with E-state index < -0.39 is 0 Å². The molecule has 1 aliphatic rings. The number of hydrogen-bond acceptors (Lipinski definition) is 1. The summed E-state index contributed by atoms with van der Waals surface area (Å²) in [5.74, 6) is 0.917. The summed E-state index contributed by atoms with van der Waals surface area (Å²) in [5.41, 5.74) is 0. The summed E-state index contributed by atoms with van der Waals surface area (Å²) in [6, 6.07) is 0. The summed E-state index contributed by atoms with van der Waals surface area (Å²) in [5, 5.41) is 0. The van der Waals surface area contributed by atoms with Crippen LogP contribution in [-0.2, 0) is 4.79 Å². The van der Waals surface area contributed by atoms with E-state index in [2.05, 4.69) is 13.8 Å². The van der Waals surface area contributed by atoms with Crippen LogP contribution in [0.2, 0.25) is 0 Å². The zero-order valence-corrected chi connectivity index (χ0v) is 8.18. The minimum Gasteiger partial charge on any atom is -0.343 e. The van der Waals surface area contributed by atoms with Crippen LogP contribution in [0.3, 0.4) is 0 Å². The van der Waals surface area contributed by atoms with E-state index in [-0.39, 0.29) is 0 Å². The molecular weight excluding hydrogens is 150 g/mol. The highest BCUT2D eigenvalue weighted by molar-refractivity contribution is 5.76. The molecule has 1 aliphatic heterocycles. The number of carbonyl (C=O) groups excluding carboxylic acids is 1. The molecule has 2 nitrogen and oxygen atoms in total. The summed E-state index contributed by atoms with van der Waals surface area (Å²) in [4.78, 5) is 13.5. The van der Waals surface area contributed by atoms with Gasteiger partial charge in [0.05, 0.1) is 0 Å². The molecule has 0 radical (unpaired) electrons. The molecule has 0 spiro atoms. The molecule has 1 heterocycles. The molecule has 70 valence electrons. The minimum atomic E-state index is 0.363. The molecule has 12 heavy (non-hydrogen) atoms. The van der Waals surface area contributed by atoms with E-state index >= 15 is 0 Å². The first kappa shape index (κ1) is 9.56. The van der Waals surface area contributed by atoms with E-state index in [1.54, 1.807) is 0 Å². The van der Waals surface area contributed by atoms with Crippen LogP contribution in [0.25, 0.3) is 0 Å². The Morgan fingerprint density at radius 2 is 2.00 bits per heavy atom. The molecule has 0 aromatic heterocycles. The number of hydrogen-bond donors (Lipinski definition) is 0. The second-order valence-corrected chi connectivity index (χ2v) is 3.81. The Morgan fingerprint density at radius 3 is 2.50 bits per heavy atom. The maximum Gasteiger partial charge on any atom is 0.222 e. The molecule has 1 atom stereocenters. The molecule has 0 aliphatic carbocycles. The topological polar surface area (TPSA) is 20.3 Å². The highest BCUT2D eigenvalue weighted by Crippen LogP contribution is 2.13. The molecule has 0 aromatic rings. The number of likely N-dealkylation sites (tertiary alicyclic amines) is 1. The highest BCUT2D eigenvalue weighted by atomic mass is 16.2. The lowest BCUT2D eigenvalue weighted by Gasteiger charge is -2.17. The van der Waals surface area contributed by atoms with Crippen molar-refractivity contribution in [1.82, 2.24) is 4.90 Å². The summed E-state index contributed by atoms with van der Waals surface area (Å²) in [6.07, 6.45) is 4.26. The van der Waals surface area contributed by atoms with Gasteiger partial charge in [0, 0.05) is 19.5 Å². The molecule has 0 bridgehead atoms. The molecule has 1 rings (SSSR count). The normalized spacial score (nSPS) is 19.7. The monoisotopic (exact) mass is 169 g/mol. The zero-order valence-electron chi connectivity index (χ0n) is 8.18. The van der Waals surface area contributed by atoms with Crippen molar-refractivity contribution >= 4 is 5.91 Å². The van der Waals surface area contributed by atoms with E-state index in [9.17, 15) is 4.79 Å². The van der Waals surface area contributed by atoms with Crippen LogP contribution in [-0.4, -0.2) is 23.9 Å². The van der Waals surface area contributed by atoms with Crippen LogP contribution < -0.4 is 0 Å². The maximum atomic E-state index is 11.5. The van der Waals surface area contributed by atoms with Gasteiger partial charge in [0.2, 0.25) is 5.91 Å². The van der Waals surface area contributed by atoms with Gasteiger partial charge in [-0.1, -0.05) is 20.3 Å². The summed E-state index contributed by atoms with van der Waals surface area (Å²) in [6.45, 7) is 6.28. The summed E-state index contributed by atoms with van der Waals surface area (Å²) < 4.78 is 0. The van der Waals surface area contributed by atoms with E-state index in [0.717, 1.165) is 25.9 Å². The van der Waals surface area contributed by atoms with E-state index in [4.69, 9.17) is 0 Å². The second kappa shape index (κ2) is 4.48. The van der Waals surface area contributed by atoms with Crippen molar-refractivity contribution in [3.8, 4) is 0 Å². The average Bonchev–Trinajstić information content (AvgIpc) is 2.56. The van der Waals surface area contributed by atoms with Gasteiger partial charge in [0.25, 0.3) is 0 Å². The fourth-order valence-corrected chi connectivity index (χ4v) is 1.54. The Hall–Kier alpha value is -0.530. The van der Waals surface area contributed by atoms with E-state index in [1.807, 2.05) is 4.90 Å². The number of amides is 1. The Bertz CT molecular complexity index is 150. The largest absolute Gasteiger partial charge is 0.343 e. The minimum absolute atomic E-state index is 0.363. The molecule has 1 amide bonds. The molecule has 0 saturated carbocycles. The van der Waals surface area contributed by atoms with Crippen molar-refractivity contribution in [2.75, 3.05) is 13.1 Å². The summed E-state index contributed by atoms with van der Waals surface area (Å²) in [7, 11) is 0. The van der Waals surface area contributed by atoms with Gasteiger partial charge in [0.15, 0.2) is 0 Å². The van der Waals surface area contributed by atoms with Gasteiger partial charge in [0.1, 0.15) is 0 Å². The first-order valence-electron chi connectivity index (χ1n) is 5.01. The lowest BCUT2D eigenvalue weighted by atomic mass is 10.0. The molecule has 0 N–H and O–H groups in total. The fraction of sp³-hybridized carbons (Fsp3) is 0.900. The van der Waals surface area contributed by atoms with Crippen LogP contribution >= 0.6 is 0 Å². The quantitative estimate of drug-likeness (QED) is 0.633. The maximum absolute atomic E-state index is 11.5. The Balaban J connectivity index is 2.27. The molecule has 2 heteroatoms. The van der Waals surface area contributed by atoms with E-state index in [1.165, 1.54) is 12.8 Å². The van der Waals surface area contributed by atoms with Crippen LogP contribution in [0.4, 0.5) is 0 Å². The Morgan fingerprint density at radius 1 is 1.42 bits per heavy atom. The van der Waals surface area contributed by atoms with Crippen molar-refractivity contribution in [2.45, 2.75) is 39.5 Å². The molecule has 1 unspecified atom stereocenters. The van der Waals surface area contributed by atoms with Gasteiger partial charge >= 0.3 is 0 Å². The van der Waals surface area contributed by atoms with E-state index in [0.29, 0.717) is 11.8 Å². The third-order valence-corrected chi connectivity index (χ3v) is 2.68. The Kier molecular flexibility index (Phi) is 3.57. The number of nitrogens with zero attached hydrogens (tertiary/aromatic N) is 1. The lowest BCUT2D eigenvalue weighted by molar-refractivity contribution is -0.131. The first-order valence-corrected chi connectivity index (χ1v) is 5.01. The van der Waals surface area contributed by atoms with Crippen LogP contribution in [0.15, 0.2) is 0 Å². The zero-order chi connectivity index (χ0) is 8.97. The van der Waals surface area contributed by atoms with Gasteiger partial charge in [-0.25, -0.2) is 0 Å². The summed E-state index contributed by atoms with van der Waals surface area (Å²) >= 11 is 0. The van der Waals surface area contributed by atoms with Crippen LogP contribution in [0.1, 0.15) is 39.5 Å². The van der Waals surface area contributed by atoms with Crippen molar-refractivity contribution in [1.29, 1.82) is 0 Å². The van der Waals surface area contributed by atoms with Crippen molar-refractivity contribution in [2.24, 2.45) is 5.92 Å². The van der Waals surface area contributed by atoms with Crippen molar-refractivity contribution in [3.05, 3.63) is 0 Å². The third kappa shape index (κ3) is 2.50. The van der Waals surface area contributed by atoms with Crippen LogP contribution in [0.5, 0.6) is 0 Å². The van der Waals surface area contributed by atoms with Gasteiger partial charge < -0.3 is 4.90 Å². The molecule has 1 saturated heterocycles. The lowest BCUT2D eigenvalue weighted by Crippen LogP contribution is -2.28.